The maximum absolute atomic E-state index is 14.2. The van der Waals surface area contributed by atoms with Gasteiger partial charge in [0.05, 0.1) is 18.6 Å². The van der Waals surface area contributed by atoms with Crippen molar-refractivity contribution in [2.24, 2.45) is 5.73 Å². The van der Waals surface area contributed by atoms with Crippen LogP contribution in [0.15, 0.2) is 78.9 Å². The first-order valence-corrected chi connectivity index (χ1v) is 14.8. The molecule has 0 spiro atoms. The number of nitrogens with zero attached hydrogens (tertiary/aromatic N) is 1. The minimum atomic E-state index is -1.19. The number of aliphatic hydroxyl groups excluding tert-OH is 2. The SMILES string of the molecule is CC(C)n1c(CCC(O)CC(O)CC(=O)O)c(-c2ccc(F)cc2)c(-c2ccccc2)c1C(=O)NCc1cccc(CN)c1. The van der Waals surface area contributed by atoms with Crippen LogP contribution in [0.4, 0.5) is 4.39 Å². The van der Waals surface area contributed by atoms with E-state index in [2.05, 4.69) is 5.32 Å². The second-order valence-corrected chi connectivity index (χ2v) is 11.3. The van der Waals surface area contributed by atoms with E-state index in [-0.39, 0.29) is 37.2 Å². The summed E-state index contributed by atoms with van der Waals surface area (Å²) in [7, 11) is 0. The van der Waals surface area contributed by atoms with E-state index in [4.69, 9.17) is 10.8 Å². The number of rotatable bonds is 14. The Morgan fingerprint density at radius 3 is 2.18 bits per heavy atom. The highest BCUT2D eigenvalue weighted by molar-refractivity contribution is 6.05. The van der Waals surface area contributed by atoms with Crippen molar-refractivity contribution in [3.05, 3.63) is 107 Å². The molecule has 1 heterocycles. The first-order chi connectivity index (χ1) is 21.1. The summed E-state index contributed by atoms with van der Waals surface area (Å²) in [6.07, 6.45) is -2.19. The second kappa shape index (κ2) is 14.9. The lowest BCUT2D eigenvalue weighted by Gasteiger charge is -2.20. The molecule has 4 rings (SSSR count). The summed E-state index contributed by atoms with van der Waals surface area (Å²) in [6, 6.07) is 23.2. The fourth-order valence-electron chi connectivity index (χ4n) is 5.64. The molecule has 44 heavy (non-hydrogen) atoms. The van der Waals surface area contributed by atoms with Crippen molar-refractivity contribution in [2.45, 2.75) is 70.9 Å². The minimum Gasteiger partial charge on any atom is -0.481 e. The average Bonchev–Trinajstić information content (AvgIpc) is 3.35. The smallest absolute Gasteiger partial charge is 0.305 e. The van der Waals surface area contributed by atoms with Crippen LogP contribution < -0.4 is 11.1 Å². The molecule has 0 fully saturated rings. The van der Waals surface area contributed by atoms with Crippen molar-refractivity contribution in [3.8, 4) is 22.3 Å². The largest absolute Gasteiger partial charge is 0.481 e. The summed E-state index contributed by atoms with van der Waals surface area (Å²) >= 11 is 0. The van der Waals surface area contributed by atoms with Crippen LogP contribution in [-0.2, 0) is 24.3 Å². The van der Waals surface area contributed by atoms with Gasteiger partial charge in [-0.05, 0) is 67.5 Å². The molecular weight excluding hydrogens is 561 g/mol. The zero-order valence-electron chi connectivity index (χ0n) is 25.0. The van der Waals surface area contributed by atoms with Crippen molar-refractivity contribution in [2.75, 3.05) is 0 Å². The van der Waals surface area contributed by atoms with Crippen molar-refractivity contribution < 1.29 is 29.3 Å². The van der Waals surface area contributed by atoms with E-state index in [0.717, 1.165) is 27.9 Å². The first-order valence-electron chi connectivity index (χ1n) is 14.8. The van der Waals surface area contributed by atoms with Crippen molar-refractivity contribution in [1.82, 2.24) is 9.88 Å². The molecule has 9 heteroatoms. The number of aliphatic carboxylic acids is 1. The lowest BCUT2D eigenvalue weighted by molar-refractivity contribution is -0.139. The number of nitrogens with one attached hydrogen (secondary N) is 1. The molecule has 0 saturated heterocycles. The Hall–Kier alpha value is -4.31. The van der Waals surface area contributed by atoms with Gasteiger partial charge in [0.1, 0.15) is 11.5 Å². The molecule has 0 radical (unpaired) electrons. The van der Waals surface area contributed by atoms with Gasteiger partial charge in [-0.25, -0.2) is 4.39 Å². The lowest BCUT2D eigenvalue weighted by atomic mass is 9.92. The van der Waals surface area contributed by atoms with Gasteiger partial charge in [0.25, 0.3) is 5.91 Å². The highest BCUT2D eigenvalue weighted by Crippen LogP contribution is 2.42. The van der Waals surface area contributed by atoms with Gasteiger partial charge >= 0.3 is 5.97 Å². The molecule has 1 amide bonds. The Balaban J connectivity index is 1.84. The summed E-state index contributed by atoms with van der Waals surface area (Å²) in [5.74, 6) is -1.82. The molecule has 2 unspecified atom stereocenters. The predicted octanol–water partition coefficient (Wildman–Crippen LogP) is 5.45. The van der Waals surface area contributed by atoms with Crippen molar-refractivity contribution >= 4 is 11.9 Å². The molecule has 0 saturated carbocycles. The summed E-state index contributed by atoms with van der Waals surface area (Å²) < 4.78 is 16.0. The van der Waals surface area contributed by atoms with E-state index >= 15 is 0 Å². The monoisotopic (exact) mass is 601 g/mol. The molecular formula is C35H40FN3O5. The molecule has 2 atom stereocenters. The molecule has 232 valence electrons. The van der Waals surface area contributed by atoms with E-state index in [9.17, 15) is 24.2 Å². The van der Waals surface area contributed by atoms with Crippen LogP contribution >= 0.6 is 0 Å². The number of halogens is 1. The van der Waals surface area contributed by atoms with Crippen LogP contribution in [0.2, 0.25) is 0 Å². The Labute approximate surface area is 257 Å². The van der Waals surface area contributed by atoms with Crippen LogP contribution in [0.3, 0.4) is 0 Å². The molecule has 6 N–H and O–H groups in total. The Morgan fingerprint density at radius 2 is 1.55 bits per heavy atom. The van der Waals surface area contributed by atoms with Gasteiger partial charge in [0, 0.05) is 36.0 Å². The Bertz CT molecular complexity index is 1570. The maximum Gasteiger partial charge on any atom is 0.305 e. The predicted molar refractivity (Wildman–Crippen MR) is 168 cm³/mol. The van der Waals surface area contributed by atoms with E-state index in [0.29, 0.717) is 29.8 Å². The highest BCUT2D eigenvalue weighted by Gasteiger charge is 2.30. The Kier molecular flexibility index (Phi) is 11.1. The number of aliphatic hydroxyl groups is 2. The van der Waals surface area contributed by atoms with Crippen molar-refractivity contribution in [3.63, 3.8) is 0 Å². The topological polar surface area (TPSA) is 138 Å². The van der Waals surface area contributed by atoms with Gasteiger partial charge in [-0.2, -0.15) is 0 Å². The summed E-state index contributed by atoms with van der Waals surface area (Å²) in [4.78, 5) is 25.2. The van der Waals surface area contributed by atoms with Crippen LogP contribution in [0.1, 0.15) is 66.5 Å². The van der Waals surface area contributed by atoms with Gasteiger partial charge in [-0.3, -0.25) is 9.59 Å². The fourth-order valence-corrected chi connectivity index (χ4v) is 5.64. The molecule has 4 aromatic rings. The molecule has 0 aliphatic carbocycles. The Morgan fingerprint density at radius 1 is 0.886 bits per heavy atom. The molecule has 3 aromatic carbocycles. The van der Waals surface area contributed by atoms with Crippen LogP contribution in [0, 0.1) is 5.82 Å². The van der Waals surface area contributed by atoms with Crippen molar-refractivity contribution in [1.29, 1.82) is 0 Å². The molecule has 1 aromatic heterocycles. The first kappa shape index (κ1) is 32.6. The number of carboxylic acids is 1. The number of benzene rings is 3. The maximum atomic E-state index is 14.2. The minimum absolute atomic E-state index is 0.0959. The number of carbonyl (C=O) groups excluding carboxylic acids is 1. The summed E-state index contributed by atoms with van der Waals surface area (Å²) in [5.41, 5.74) is 11.8. The molecule has 8 nitrogen and oxygen atoms in total. The van der Waals surface area contributed by atoms with Crippen LogP contribution in [0.5, 0.6) is 0 Å². The van der Waals surface area contributed by atoms with E-state index in [1.165, 1.54) is 12.1 Å². The van der Waals surface area contributed by atoms with Gasteiger partial charge in [-0.15, -0.1) is 0 Å². The van der Waals surface area contributed by atoms with E-state index in [1.54, 1.807) is 12.1 Å². The number of hydrogen-bond acceptors (Lipinski definition) is 5. The number of carboxylic acid groups (broad SMARTS) is 1. The standard InChI is InChI=1S/C35H40FN3O5/c1-22(2)39-30(16-15-28(40)18-29(41)19-31(42)43)32(26-11-13-27(36)14-12-26)33(25-9-4-3-5-10-25)34(39)35(44)38-21-24-8-6-7-23(17-24)20-37/h3-14,17,22,28-29,40-41H,15-16,18-21,37H2,1-2H3,(H,38,44)(H,42,43). The lowest BCUT2D eigenvalue weighted by Crippen LogP contribution is -2.27. The zero-order valence-corrected chi connectivity index (χ0v) is 25.0. The quantitative estimate of drug-likeness (QED) is 0.130. The number of carbonyl (C=O) groups is 2. The average molecular weight is 602 g/mol. The molecule has 0 aliphatic rings. The highest BCUT2D eigenvalue weighted by atomic mass is 19.1. The number of nitrogens with two attached hydrogens (primary N) is 1. The normalized spacial score (nSPS) is 12.7. The summed E-state index contributed by atoms with van der Waals surface area (Å²) in [5, 5.41) is 33.0. The van der Waals surface area contributed by atoms with Gasteiger partial charge in [0.2, 0.25) is 0 Å². The number of aromatic nitrogens is 1. The number of amides is 1. The summed E-state index contributed by atoms with van der Waals surface area (Å²) in [6.45, 7) is 4.62. The zero-order chi connectivity index (χ0) is 31.8. The van der Waals surface area contributed by atoms with Gasteiger partial charge in [-0.1, -0.05) is 66.7 Å². The van der Waals surface area contributed by atoms with Gasteiger partial charge < -0.3 is 30.9 Å². The van der Waals surface area contributed by atoms with Crippen LogP contribution in [0.25, 0.3) is 22.3 Å². The van der Waals surface area contributed by atoms with E-state index in [1.807, 2.05) is 73.0 Å². The molecule has 0 bridgehead atoms. The third kappa shape index (κ3) is 7.99. The third-order valence-electron chi connectivity index (χ3n) is 7.58. The van der Waals surface area contributed by atoms with Gasteiger partial charge in [0.15, 0.2) is 0 Å². The number of hydrogen-bond donors (Lipinski definition) is 5. The second-order valence-electron chi connectivity index (χ2n) is 11.3. The molecule has 0 aliphatic heterocycles. The van der Waals surface area contributed by atoms with E-state index < -0.39 is 24.6 Å². The fraction of sp³-hybridized carbons (Fsp3) is 0.314. The third-order valence-corrected chi connectivity index (χ3v) is 7.58. The van der Waals surface area contributed by atoms with Crippen LogP contribution in [-0.4, -0.2) is 44.0 Å².